The maximum absolute atomic E-state index is 12.0. The van der Waals surface area contributed by atoms with E-state index in [0.29, 0.717) is 5.56 Å². The fourth-order valence-corrected chi connectivity index (χ4v) is 3.77. The fourth-order valence-electron chi connectivity index (χ4n) is 3.77. The lowest BCUT2D eigenvalue weighted by molar-refractivity contribution is 0.0963. The average Bonchev–Trinajstić information content (AvgIpc) is 3.10. The van der Waals surface area contributed by atoms with Crippen molar-refractivity contribution in [1.29, 1.82) is 0 Å². The van der Waals surface area contributed by atoms with Gasteiger partial charge in [-0.05, 0) is 50.1 Å². The number of amides is 1. The first-order chi connectivity index (χ1) is 14.0. The number of aryl methyl sites for hydroxylation is 3. The van der Waals surface area contributed by atoms with Crippen molar-refractivity contribution in [2.24, 2.45) is 0 Å². The normalized spacial score (nSPS) is 11.0. The van der Waals surface area contributed by atoms with Crippen LogP contribution in [0.2, 0.25) is 0 Å². The van der Waals surface area contributed by atoms with Crippen LogP contribution in [-0.2, 0) is 6.54 Å². The molecule has 6 nitrogen and oxygen atoms in total. The number of carbonyl (C=O) groups is 1. The molecule has 0 atom stereocenters. The Balaban J connectivity index is 1.94. The highest BCUT2D eigenvalue weighted by molar-refractivity contribution is 5.98. The molecule has 2 heterocycles. The number of nitrogens with zero attached hydrogens (tertiary/aromatic N) is 4. The second kappa shape index (κ2) is 7.47. The fraction of sp³-hybridized carbons (Fsp3) is 0.217. The zero-order valence-electron chi connectivity index (χ0n) is 17.0. The molecule has 0 spiro atoms. The molecule has 0 radical (unpaired) electrons. The molecule has 0 bridgehead atoms. The van der Waals surface area contributed by atoms with Crippen molar-refractivity contribution in [3.05, 3.63) is 65.5 Å². The average molecular weight is 385 g/mol. The van der Waals surface area contributed by atoms with Crippen LogP contribution >= 0.6 is 0 Å². The van der Waals surface area contributed by atoms with Crippen LogP contribution in [0.1, 0.15) is 28.4 Å². The Hall–Kier alpha value is -3.54. The van der Waals surface area contributed by atoms with Crippen LogP contribution < -0.4 is 5.32 Å². The van der Waals surface area contributed by atoms with Crippen LogP contribution in [0.3, 0.4) is 0 Å². The molecule has 0 unspecified atom stereocenters. The lowest BCUT2D eigenvalue weighted by atomic mass is 9.97. The van der Waals surface area contributed by atoms with Crippen molar-refractivity contribution in [3.8, 4) is 22.5 Å². The number of benzene rings is 2. The molecule has 0 saturated heterocycles. The number of hydrogen-bond donors (Lipinski definition) is 1. The maximum Gasteiger partial charge on any atom is 0.251 e. The minimum Gasteiger partial charge on any atom is -0.355 e. The smallest absolute Gasteiger partial charge is 0.251 e. The molecule has 2 aromatic carbocycles. The highest BCUT2D eigenvalue weighted by Gasteiger charge is 2.18. The summed E-state index contributed by atoms with van der Waals surface area (Å²) in [6.45, 7) is 7.02. The highest BCUT2D eigenvalue weighted by Crippen LogP contribution is 2.34. The van der Waals surface area contributed by atoms with Crippen molar-refractivity contribution in [2.45, 2.75) is 27.3 Å². The van der Waals surface area contributed by atoms with E-state index in [1.54, 1.807) is 19.4 Å². The maximum atomic E-state index is 12.0. The lowest BCUT2D eigenvalue weighted by Gasteiger charge is -2.12. The molecule has 0 aliphatic heterocycles. The Labute approximate surface area is 169 Å². The van der Waals surface area contributed by atoms with Gasteiger partial charge < -0.3 is 9.88 Å². The zero-order valence-corrected chi connectivity index (χ0v) is 17.0. The van der Waals surface area contributed by atoms with Crippen molar-refractivity contribution in [1.82, 2.24) is 25.1 Å². The van der Waals surface area contributed by atoms with Crippen LogP contribution in [0.5, 0.6) is 0 Å². The van der Waals surface area contributed by atoms with Gasteiger partial charge in [0.05, 0.1) is 23.4 Å². The summed E-state index contributed by atoms with van der Waals surface area (Å²) >= 11 is 0. The van der Waals surface area contributed by atoms with Crippen LogP contribution in [0.25, 0.3) is 33.5 Å². The highest BCUT2D eigenvalue weighted by atomic mass is 16.1. The first-order valence-electron chi connectivity index (χ1n) is 9.64. The monoisotopic (exact) mass is 385 g/mol. The quantitative estimate of drug-likeness (QED) is 0.573. The van der Waals surface area contributed by atoms with Gasteiger partial charge in [-0.1, -0.05) is 23.8 Å². The Morgan fingerprint density at radius 3 is 2.45 bits per heavy atom. The van der Waals surface area contributed by atoms with Crippen LogP contribution in [-0.4, -0.2) is 32.7 Å². The van der Waals surface area contributed by atoms with Gasteiger partial charge in [0.2, 0.25) is 0 Å². The molecular weight excluding hydrogens is 362 g/mol. The van der Waals surface area contributed by atoms with Gasteiger partial charge in [-0.3, -0.25) is 4.79 Å². The molecule has 0 fully saturated rings. The summed E-state index contributed by atoms with van der Waals surface area (Å²) < 4.78 is 2.15. The standard InChI is InChI=1S/C23H23N5O/c1-5-28-21-9-7-16(23(29)24-4)11-20(21)27-22(28)19-13-26-25-12-18(19)17-8-6-14(2)10-15(17)3/h6-13H,5H2,1-4H3,(H,24,29). The lowest BCUT2D eigenvalue weighted by Crippen LogP contribution is -2.17. The first-order valence-corrected chi connectivity index (χ1v) is 9.64. The van der Waals surface area contributed by atoms with E-state index in [0.717, 1.165) is 40.1 Å². The third kappa shape index (κ3) is 3.27. The summed E-state index contributed by atoms with van der Waals surface area (Å²) in [5.41, 5.74) is 7.79. The number of nitrogens with one attached hydrogen (secondary N) is 1. The van der Waals surface area contributed by atoms with E-state index < -0.39 is 0 Å². The van der Waals surface area contributed by atoms with E-state index in [1.807, 2.05) is 18.2 Å². The minimum absolute atomic E-state index is 0.124. The third-order valence-electron chi connectivity index (χ3n) is 5.20. The predicted molar refractivity (Wildman–Crippen MR) is 115 cm³/mol. The molecule has 29 heavy (non-hydrogen) atoms. The Morgan fingerprint density at radius 1 is 1.00 bits per heavy atom. The second-order valence-electron chi connectivity index (χ2n) is 7.10. The molecule has 2 aromatic heterocycles. The summed E-state index contributed by atoms with van der Waals surface area (Å²) in [5.74, 6) is 0.697. The molecular formula is C23H23N5O. The minimum atomic E-state index is -0.124. The molecule has 146 valence electrons. The van der Waals surface area contributed by atoms with E-state index in [1.165, 1.54) is 11.1 Å². The van der Waals surface area contributed by atoms with Crippen LogP contribution in [0.4, 0.5) is 0 Å². The zero-order chi connectivity index (χ0) is 20.5. The number of fused-ring (bicyclic) bond motifs is 1. The summed E-state index contributed by atoms with van der Waals surface area (Å²) in [6.07, 6.45) is 3.56. The Morgan fingerprint density at radius 2 is 1.76 bits per heavy atom. The molecule has 4 rings (SSSR count). The van der Waals surface area contributed by atoms with Gasteiger partial charge in [0.1, 0.15) is 5.82 Å². The summed E-state index contributed by atoms with van der Waals surface area (Å²) in [4.78, 5) is 16.9. The van der Waals surface area contributed by atoms with Gasteiger partial charge in [0.25, 0.3) is 5.91 Å². The topological polar surface area (TPSA) is 72.7 Å². The van der Waals surface area contributed by atoms with Gasteiger partial charge >= 0.3 is 0 Å². The Bertz CT molecular complexity index is 1230. The number of hydrogen-bond acceptors (Lipinski definition) is 4. The molecule has 1 N–H and O–H groups in total. The van der Waals surface area contributed by atoms with Gasteiger partial charge in [-0.25, -0.2) is 4.98 Å². The van der Waals surface area contributed by atoms with E-state index >= 15 is 0 Å². The summed E-state index contributed by atoms with van der Waals surface area (Å²) in [5, 5.41) is 10.9. The van der Waals surface area contributed by atoms with Crippen molar-refractivity contribution in [3.63, 3.8) is 0 Å². The number of aromatic nitrogens is 4. The SMILES string of the molecule is CCn1c(-c2cnncc2-c2ccc(C)cc2C)nc2cc(C(=O)NC)ccc21. The van der Waals surface area contributed by atoms with Crippen LogP contribution in [0.15, 0.2) is 48.8 Å². The molecule has 4 aromatic rings. The molecule has 0 aliphatic carbocycles. The number of imidazole rings is 1. The summed E-state index contributed by atoms with van der Waals surface area (Å²) in [6, 6.07) is 12.0. The van der Waals surface area contributed by atoms with E-state index in [2.05, 4.69) is 59.1 Å². The van der Waals surface area contributed by atoms with E-state index in [4.69, 9.17) is 4.98 Å². The third-order valence-corrected chi connectivity index (χ3v) is 5.20. The Kier molecular flexibility index (Phi) is 4.84. The van der Waals surface area contributed by atoms with Gasteiger partial charge in [0.15, 0.2) is 0 Å². The summed E-state index contributed by atoms with van der Waals surface area (Å²) in [7, 11) is 1.63. The van der Waals surface area contributed by atoms with Crippen LogP contribution in [0, 0.1) is 13.8 Å². The van der Waals surface area contributed by atoms with Gasteiger partial charge in [-0.2, -0.15) is 10.2 Å². The van der Waals surface area contributed by atoms with Gasteiger partial charge in [-0.15, -0.1) is 0 Å². The van der Waals surface area contributed by atoms with Crippen molar-refractivity contribution < 1.29 is 4.79 Å². The number of carbonyl (C=O) groups excluding carboxylic acids is 1. The van der Waals surface area contributed by atoms with E-state index in [9.17, 15) is 4.79 Å². The first kappa shape index (κ1) is 18.8. The molecule has 1 amide bonds. The predicted octanol–water partition coefficient (Wildman–Crippen LogP) is 4.16. The van der Waals surface area contributed by atoms with E-state index in [-0.39, 0.29) is 5.91 Å². The molecule has 0 saturated carbocycles. The largest absolute Gasteiger partial charge is 0.355 e. The second-order valence-corrected chi connectivity index (χ2v) is 7.10. The molecule has 6 heteroatoms. The number of rotatable bonds is 4. The van der Waals surface area contributed by atoms with Crippen molar-refractivity contribution in [2.75, 3.05) is 7.05 Å². The van der Waals surface area contributed by atoms with Gasteiger partial charge in [0, 0.05) is 30.3 Å². The molecule has 0 aliphatic rings. The van der Waals surface area contributed by atoms with Crippen molar-refractivity contribution >= 4 is 16.9 Å².